The van der Waals surface area contributed by atoms with E-state index in [9.17, 15) is 26.7 Å². The summed E-state index contributed by atoms with van der Waals surface area (Å²) in [6, 6.07) is 6.40. The molecule has 206 valence electrons. The number of aliphatic hydroxyl groups excluding tert-OH is 1. The van der Waals surface area contributed by atoms with Crippen molar-refractivity contribution >= 4 is 40.8 Å². The van der Waals surface area contributed by atoms with Crippen LogP contribution in [-0.4, -0.2) is 45.2 Å². The van der Waals surface area contributed by atoms with Gasteiger partial charge >= 0.3 is 6.18 Å². The quantitative estimate of drug-likeness (QED) is 0.323. The number of aliphatic hydroxyl groups is 1. The number of carbonyl (C=O) groups is 1. The molecule has 0 bridgehead atoms. The predicted octanol–water partition coefficient (Wildman–Crippen LogP) is 4.81. The van der Waals surface area contributed by atoms with Crippen LogP contribution in [0.5, 0.6) is 5.88 Å². The molecule has 1 amide bonds. The highest BCUT2D eigenvalue weighted by Crippen LogP contribution is 2.43. The Kier molecular flexibility index (Phi) is 7.30. The Labute approximate surface area is 222 Å². The van der Waals surface area contributed by atoms with Crippen LogP contribution in [0.4, 0.5) is 37.7 Å². The number of amides is 1. The van der Waals surface area contributed by atoms with Crippen LogP contribution >= 0.6 is 12.6 Å². The maximum Gasteiger partial charge on any atom is 0.417 e. The molecule has 15 heteroatoms. The number of carbonyl (C=O) groups excluding carboxylic acids is 1. The van der Waals surface area contributed by atoms with Crippen LogP contribution in [0.15, 0.2) is 30.3 Å². The van der Waals surface area contributed by atoms with E-state index in [2.05, 4.69) is 22.6 Å². The third kappa shape index (κ3) is 4.89. The van der Waals surface area contributed by atoms with Gasteiger partial charge in [-0.25, -0.2) is 18.2 Å². The summed E-state index contributed by atoms with van der Waals surface area (Å²) < 4.78 is 87.8. The molecule has 3 aromatic rings. The molecule has 4 rings (SSSR count). The summed E-state index contributed by atoms with van der Waals surface area (Å²) in [4.78, 5) is 22.9. The smallest absolute Gasteiger partial charge is 0.417 e. The first-order valence-electron chi connectivity index (χ1n) is 11.2. The van der Waals surface area contributed by atoms with Crippen LogP contribution in [-0.2, 0) is 11.0 Å². The minimum atomic E-state index is -4.88. The second-order valence-electron chi connectivity index (χ2n) is 8.87. The van der Waals surface area contributed by atoms with Crippen molar-refractivity contribution in [2.24, 2.45) is 0 Å². The number of rotatable bonds is 6. The van der Waals surface area contributed by atoms with Gasteiger partial charge in [-0.3, -0.25) is 9.69 Å². The molecular formula is C24H19F6N5O3S. The topological polar surface area (TPSA) is 103 Å². The average molecular weight is 572 g/mol. The van der Waals surface area contributed by atoms with Crippen molar-refractivity contribution in [1.82, 2.24) is 9.97 Å². The lowest BCUT2D eigenvalue weighted by Crippen LogP contribution is -2.45. The Morgan fingerprint density at radius 3 is 2.49 bits per heavy atom. The van der Waals surface area contributed by atoms with E-state index < -0.39 is 70.3 Å². The largest absolute Gasteiger partial charge is 0.475 e. The van der Waals surface area contributed by atoms with E-state index in [1.165, 1.54) is 30.9 Å². The molecule has 2 aromatic carbocycles. The third-order valence-corrected chi connectivity index (χ3v) is 6.50. The van der Waals surface area contributed by atoms with E-state index in [4.69, 9.17) is 15.1 Å². The van der Waals surface area contributed by atoms with Gasteiger partial charge in [0.15, 0.2) is 17.1 Å². The van der Waals surface area contributed by atoms with E-state index in [-0.39, 0.29) is 23.4 Å². The SMILES string of the molecule is CC1(C)C(=O)N(c2ccc(C#N)c(C(F)(F)F)c2)C(S)N1c1cc(F)c2nc(C(F)F)nc(OCCO)c2c1. The number of nitriles is 1. The first kappa shape index (κ1) is 28.2. The molecule has 1 N–H and O–H groups in total. The lowest BCUT2D eigenvalue weighted by molar-refractivity contribution is -0.137. The van der Waals surface area contributed by atoms with Crippen LogP contribution in [0.2, 0.25) is 0 Å². The maximum atomic E-state index is 15.3. The Balaban J connectivity index is 1.86. The highest BCUT2D eigenvalue weighted by Gasteiger charge is 2.52. The van der Waals surface area contributed by atoms with Gasteiger partial charge in [0.05, 0.1) is 29.2 Å². The van der Waals surface area contributed by atoms with E-state index >= 15 is 4.39 Å². The summed E-state index contributed by atoms with van der Waals surface area (Å²) in [6.45, 7) is 2.03. The molecule has 2 heterocycles. The summed E-state index contributed by atoms with van der Waals surface area (Å²) in [5.74, 6) is -3.20. The number of alkyl halides is 5. The number of anilines is 2. The van der Waals surface area contributed by atoms with Crippen LogP contribution in [0.25, 0.3) is 10.9 Å². The zero-order valence-electron chi connectivity index (χ0n) is 20.2. The molecular weight excluding hydrogens is 552 g/mol. The van der Waals surface area contributed by atoms with Gasteiger partial charge in [0, 0.05) is 11.4 Å². The summed E-state index contributed by atoms with van der Waals surface area (Å²) in [5.41, 5.74) is -5.36. The van der Waals surface area contributed by atoms with Crippen LogP contribution < -0.4 is 14.5 Å². The van der Waals surface area contributed by atoms with Gasteiger partial charge in [-0.05, 0) is 44.2 Å². The van der Waals surface area contributed by atoms with Gasteiger partial charge in [-0.1, -0.05) is 0 Å². The fraction of sp³-hybridized carbons (Fsp3) is 0.333. The monoisotopic (exact) mass is 571 g/mol. The van der Waals surface area contributed by atoms with Gasteiger partial charge in [0.2, 0.25) is 5.88 Å². The van der Waals surface area contributed by atoms with E-state index in [1.807, 2.05) is 0 Å². The molecule has 1 atom stereocenters. The van der Waals surface area contributed by atoms with Gasteiger partial charge in [-0.15, -0.1) is 12.6 Å². The van der Waals surface area contributed by atoms with Gasteiger partial charge < -0.3 is 14.7 Å². The number of aromatic nitrogens is 2. The van der Waals surface area contributed by atoms with Crippen molar-refractivity contribution in [1.29, 1.82) is 5.26 Å². The van der Waals surface area contributed by atoms with Crippen molar-refractivity contribution < 1.29 is 41.0 Å². The molecule has 0 aliphatic carbocycles. The van der Waals surface area contributed by atoms with E-state index in [0.717, 1.165) is 23.1 Å². The minimum Gasteiger partial charge on any atom is -0.475 e. The Morgan fingerprint density at radius 1 is 1.21 bits per heavy atom. The zero-order chi connectivity index (χ0) is 28.9. The Bertz CT molecular complexity index is 1490. The summed E-state index contributed by atoms with van der Waals surface area (Å²) in [6.07, 6.45) is -8.03. The Morgan fingerprint density at radius 2 is 1.90 bits per heavy atom. The van der Waals surface area contributed by atoms with E-state index in [1.54, 1.807) is 0 Å². The summed E-state index contributed by atoms with van der Waals surface area (Å²) in [7, 11) is 0. The Hall–Kier alpha value is -3.77. The number of nitrogens with zero attached hydrogens (tertiary/aromatic N) is 5. The lowest BCUT2D eigenvalue weighted by atomic mass is 10.0. The number of halogens is 6. The molecule has 39 heavy (non-hydrogen) atoms. The molecule has 0 radical (unpaired) electrons. The number of hydrogen-bond donors (Lipinski definition) is 2. The van der Waals surface area contributed by atoms with Gasteiger partial charge in [-0.2, -0.15) is 23.4 Å². The van der Waals surface area contributed by atoms with Crippen LogP contribution in [0.1, 0.15) is 37.2 Å². The molecule has 1 fully saturated rings. The van der Waals surface area contributed by atoms with Crippen molar-refractivity contribution in [2.45, 2.75) is 37.5 Å². The molecule has 1 aromatic heterocycles. The van der Waals surface area contributed by atoms with Crippen LogP contribution in [0.3, 0.4) is 0 Å². The standard InChI is InChI=1S/C24H19F6N5O3S/c1-23(2)21(37)34(12-4-3-11(10-31)15(8-12)24(28,29)30)22(39)35(23)13-7-14-17(16(25)9-13)32-19(18(26)27)33-20(14)38-6-5-36/h3-4,7-9,18,22,36,39H,5-6H2,1-2H3. The number of ether oxygens (including phenoxy) is 1. The average Bonchev–Trinajstić information content (AvgIpc) is 3.04. The number of benzene rings is 2. The molecule has 0 spiro atoms. The molecule has 1 aliphatic rings. The summed E-state index contributed by atoms with van der Waals surface area (Å²) in [5, 5.41) is 18.0. The number of hydrogen-bond acceptors (Lipinski definition) is 8. The van der Waals surface area contributed by atoms with Crippen molar-refractivity contribution in [2.75, 3.05) is 23.0 Å². The highest BCUT2D eigenvalue weighted by atomic mass is 32.1. The number of thiol groups is 1. The zero-order valence-corrected chi connectivity index (χ0v) is 21.1. The second kappa shape index (κ2) is 10.1. The first-order valence-corrected chi connectivity index (χ1v) is 11.7. The first-order chi connectivity index (χ1) is 18.2. The maximum absolute atomic E-state index is 15.3. The molecule has 8 nitrogen and oxygen atoms in total. The molecule has 1 saturated heterocycles. The van der Waals surface area contributed by atoms with Gasteiger partial charge in [0.1, 0.15) is 17.7 Å². The second-order valence-corrected chi connectivity index (χ2v) is 9.34. The van der Waals surface area contributed by atoms with Crippen molar-refractivity contribution in [3.63, 3.8) is 0 Å². The summed E-state index contributed by atoms with van der Waals surface area (Å²) >= 11 is 4.46. The predicted molar refractivity (Wildman–Crippen MR) is 130 cm³/mol. The van der Waals surface area contributed by atoms with E-state index in [0.29, 0.717) is 6.07 Å². The fourth-order valence-electron chi connectivity index (χ4n) is 4.28. The minimum absolute atomic E-state index is 0.00668. The van der Waals surface area contributed by atoms with Crippen molar-refractivity contribution in [3.05, 3.63) is 53.1 Å². The number of fused-ring (bicyclic) bond motifs is 1. The fourth-order valence-corrected chi connectivity index (χ4v) is 4.94. The third-order valence-electron chi connectivity index (χ3n) is 6.04. The highest BCUT2D eigenvalue weighted by molar-refractivity contribution is 7.81. The van der Waals surface area contributed by atoms with Gasteiger partial charge in [0.25, 0.3) is 12.3 Å². The molecule has 1 aliphatic heterocycles. The molecule has 0 saturated carbocycles. The van der Waals surface area contributed by atoms with Crippen molar-refractivity contribution in [3.8, 4) is 11.9 Å². The normalized spacial score (nSPS) is 17.3. The lowest BCUT2D eigenvalue weighted by Gasteiger charge is -2.33. The van der Waals surface area contributed by atoms with Crippen LogP contribution in [0, 0.1) is 17.1 Å². The molecule has 1 unspecified atom stereocenters.